The molecule has 1 amide bonds. The molecule has 0 saturated heterocycles. The molecule has 0 radical (unpaired) electrons. The highest BCUT2D eigenvalue weighted by molar-refractivity contribution is 5.84. The van der Waals surface area contributed by atoms with Gasteiger partial charge in [0.05, 0.1) is 12.7 Å². The number of anilines is 1. The summed E-state index contributed by atoms with van der Waals surface area (Å²) in [5, 5.41) is 12.6. The predicted octanol–water partition coefficient (Wildman–Crippen LogP) is 3.75. The first kappa shape index (κ1) is 15.1. The van der Waals surface area contributed by atoms with E-state index in [-0.39, 0.29) is 6.61 Å². The molecule has 110 valence electrons. The van der Waals surface area contributed by atoms with Crippen LogP contribution in [-0.2, 0) is 4.74 Å². The van der Waals surface area contributed by atoms with Crippen molar-refractivity contribution in [3.05, 3.63) is 66.2 Å². The van der Waals surface area contributed by atoms with Crippen LogP contribution in [-0.4, -0.2) is 17.8 Å². The second kappa shape index (κ2) is 8.07. The highest BCUT2D eigenvalue weighted by Gasteiger charge is 2.07. The van der Waals surface area contributed by atoms with Crippen LogP contribution in [0.5, 0.6) is 0 Å². The van der Waals surface area contributed by atoms with E-state index < -0.39 is 12.2 Å². The zero-order valence-corrected chi connectivity index (χ0v) is 11.7. The number of ether oxygens (including phenoxy) is 1. The van der Waals surface area contributed by atoms with Gasteiger partial charge in [0.1, 0.15) is 0 Å². The summed E-state index contributed by atoms with van der Waals surface area (Å²) in [5.74, 6) is 0. The number of para-hydroxylation sites is 1. The summed E-state index contributed by atoms with van der Waals surface area (Å²) >= 11 is 0. The van der Waals surface area contributed by atoms with Gasteiger partial charge in [-0.25, -0.2) is 4.79 Å². The molecule has 2 N–H and O–H groups in total. The molecule has 0 heterocycles. The first-order valence-electron chi connectivity index (χ1n) is 6.97. The third-order valence-corrected chi connectivity index (χ3v) is 3.06. The molecular weight excluding hydrogens is 266 g/mol. The SMILES string of the molecule is O=C(Nc1ccccc1)OCCCC(O)c1ccccc1. The summed E-state index contributed by atoms with van der Waals surface area (Å²) in [6.07, 6.45) is 0.170. The largest absolute Gasteiger partial charge is 0.449 e. The molecule has 0 fully saturated rings. The highest BCUT2D eigenvalue weighted by atomic mass is 16.5. The highest BCUT2D eigenvalue weighted by Crippen LogP contribution is 2.17. The summed E-state index contributed by atoms with van der Waals surface area (Å²) in [5.41, 5.74) is 1.58. The topological polar surface area (TPSA) is 58.6 Å². The maximum absolute atomic E-state index is 11.5. The summed E-state index contributed by atoms with van der Waals surface area (Å²) in [4.78, 5) is 11.5. The number of carbonyl (C=O) groups excluding carboxylic acids is 1. The Morgan fingerprint density at radius 2 is 1.67 bits per heavy atom. The van der Waals surface area contributed by atoms with Gasteiger partial charge in [-0.3, -0.25) is 5.32 Å². The first-order chi connectivity index (χ1) is 10.3. The average molecular weight is 285 g/mol. The Labute approximate surface area is 124 Å². The van der Waals surface area contributed by atoms with Gasteiger partial charge in [0.2, 0.25) is 0 Å². The predicted molar refractivity (Wildman–Crippen MR) is 82.0 cm³/mol. The third kappa shape index (κ3) is 5.28. The van der Waals surface area contributed by atoms with Crippen LogP contribution < -0.4 is 5.32 Å². The Morgan fingerprint density at radius 1 is 1.05 bits per heavy atom. The summed E-state index contributed by atoms with van der Waals surface area (Å²) in [7, 11) is 0. The van der Waals surface area contributed by atoms with E-state index in [1.54, 1.807) is 12.1 Å². The van der Waals surface area contributed by atoms with Crippen LogP contribution in [0.1, 0.15) is 24.5 Å². The van der Waals surface area contributed by atoms with Crippen LogP contribution in [0.4, 0.5) is 10.5 Å². The van der Waals surface area contributed by atoms with Crippen LogP contribution in [0.25, 0.3) is 0 Å². The Balaban J connectivity index is 1.64. The molecule has 0 bridgehead atoms. The lowest BCUT2D eigenvalue weighted by Crippen LogP contribution is -2.14. The maximum atomic E-state index is 11.5. The number of aliphatic hydroxyl groups is 1. The number of nitrogens with one attached hydrogen (secondary N) is 1. The Bertz CT molecular complexity index is 542. The fraction of sp³-hybridized carbons (Fsp3) is 0.235. The average Bonchev–Trinajstić information content (AvgIpc) is 2.53. The molecule has 0 aromatic heterocycles. The van der Waals surface area contributed by atoms with Gasteiger partial charge >= 0.3 is 6.09 Å². The number of carbonyl (C=O) groups is 1. The molecule has 0 spiro atoms. The van der Waals surface area contributed by atoms with Crippen molar-refractivity contribution in [3.63, 3.8) is 0 Å². The molecule has 0 aliphatic heterocycles. The molecule has 4 heteroatoms. The standard InChI is InChI=1S/C17H19NO3/c19-16(14-8-3-1-4-9-14)12-7-13-21-17(20)18-15-10-5-2-6-11-15/h1-6,8-11,16,19H,7,12-13H2,(H,18,20). The van der Waals surface area contributed by atoms with Crippen LogP contribution >= 0.6 is 0 Å². The lowest BCUT2D eigenvalue weighted by atomic mass is 10.1. The van der Waals surface area contributed by atoms with Crippen molar-refractivity contribution in [3.8, 4) is 0 Å². The van der Waals surface area contributed by atoms with Crippen molar-refractivity contribution in [2.75, 3.05) is 11.9 Å². The minimum Gasteiger partial charge on any atom is -0.449 e. The maximum Gasteiger partial charge on any atom is 0.411 e. The number of amides is 1. The second-order valence-electron chi connectivity index (χ2n) is 4.70. The van der Waals surface area contributed by atoms with Crippen LogP contribution in [0, 0.1) is 0 Å². The number of hydrogen-bond donors (Lipinski definition) is 2. The number of rotatable bonds is 6. The van der Waals surface area contributed by atoms with Gasteiger partial charge in [-0.2, -0.15) is 0 Å². The summed E-state index contributed by atoms with van der Waals surface area (Å²) < 4.78 is 5.07. The van der Waals surface area contributed by atoms with Crippen molar-refractivity contribution in [2.45, 2.75) is 18.9 Å². The van der Waals surface area contributed by atoms with Crippen LogP contribution in [0.15, 0.2) is 60.7 Å². The van der Waals surface area contributed by atoms with Crippen LogP contribution in [0.3, 0.4) is 0 Å². The monoisotopic (exact) mass is 285 g/mol. The van der Waals surface area contributed by atoms with Gasteiger partial charge in [-0.1, -0.05) is 48.5 Å². The van der Waals surface area contributed by atoms with Gasteiger partial charge in [0.25, 0.3) is 0 Å². The van der Waals surface area contributed by atoms with Crippen molar-refractivity contribution >= 4 is 11.8 Å². The van der Waals surface area contributed by atoms with Crippen molar-refractivity contribution < 1.29 is 14.6 Å². The lowest BCUT2D eigenvalue weighted by Gasteiger charge is -2.11. The lowest BCUT2D eigenvalue weighted by molar-refractivity contribution is 0.133. The minimum atomic E-state index is -0.521. The Hall–Kier alpha value is -2.33. The number of aliphatic hydroxyl groups excluding tert-OH is 1. The van der Waals surface area contributed by atoms with Crippen LogP contribution in [0.2, 0.25) is 0 Å². The number of benzene rings is 2. The molecular formula is C17H19NO3. The smallest absolute Gasteiger partial charge is 0.411 e. The summed E-state index contributed by atoms with van der Waals surface area (Å²) in [6.45, 7) is 0.280. The molecule has 1 atom stereocenters. The van der Waals surface area contributed by atoms with Crippen molar-refractivity contribution in [2.24, 2.45) is 0 Å². The van der Waals surface area contributed by atoms with E-state index in [0.717, 1.165) is 5.56 Å². The van der Waals surface area contributed by atoms with E-state index in [2.05, 4.69) is 5.32 Å². The molecule has 0 aliphatic carbocycles. The Morgan fingerprint density at radius 3 is 2.33 bits per heavy atom. The van der Waals surface area contributed by atoms with Gasteiger partial charge in [0.15, 0.2) is 0 Å². The van der Waals surface area contributed by atoms with Crippen molar-refractivity contribution in [1.82, 2.24) is 0 Å². The molecule has 2 rings (SSSR count). The third-order valence-electron chi connectivity index (χ3n) is 3.06. The zero-order valence-electron chi connectivity index (χ0n) is 11.7. The molecule has 4 nitrogen and oxygen atoms in total. The first-order valence-corrected chi connectivity index (χ1v) is 6.97. The van der Waals surface area contributed by atoms with Gasteiger partial charge < -0.3 is 9.84 Å². The van der Waals surface area contributed by atoms with Gasteiger partial charge in [-0.05, 0) is 30.5 Å². The van der Waals surface area contributed by atoms with E-state index in [4.69, 9.17) is 4.74 Å². The Kier molecular flexibility index (Phi) is 5.79. The van der Waals surface area contributed by atoms with E-state index in [1.165, 1.54) is 0 Å². The normalized spacial score (nSPS) is 11.7. The van der Waals surface area contributed by atoms with E-state index in [0.29, 0.717) is 18.5 Å². The molecule has 0 saturated carbocycles. The van der Waals surface area contributed by atoms with E-state index >= 15 is 0 Å². The molecule has 0 aliphatic rings. The second-order valence-corrected chi connectivity index (χ2v) is 4.70. The van der Waals surface area contributed by atoms with E-state index in [9.17, 15) is 9.90 Å². The minimum absolute atomic E-state index is 0.280. The van der Waals surface area contributed by atoms with Gasteiger partial charge in [0, 0.05) is 5.69 Å². The fourth-order valence-corrected chi connectivity index (χ4v) is 1.96. The molecule has 2 aromatic carbocycles. The quantitative estimate of drug-likeness (QED) is 0.795. The summed E-state index contributed by atoms with van der Waals surface area (Å²) in [6, 6.07) is 18.6. The number of hydrogen-bond acceptors (Lipinski definition) is 3. The fourth-order valence-electron chi connectivity index (χ4n) is 1.96. The van der Waals surface area contributed by atoms with Crippen molar-refractivity contribution in [1.29, 1.82) is 0 Å². The van der Waals surface area contributed by atoms with Gasteiger partial charge in [-0.15, -0.1) is 0 Å². The molecule has 1 unspecified atom stereocenters. The molecule has 21 heavy (non-hydrogen) atoms. The zero-order chi connectivity index (χ0) is 14.9. The molecule has 2 aromatic rings. The van der Waals surface area contributed by atoms with E-state index in [1.807, 2.05) is 48.5 Å².